The van der Waals surface area contributed by atoms with Crippen molar-refractivity contribution >= 4 is 23.1 Å². The normalized spacial score (nSPS) is 13.9. The molecule has 1 fully saturated rings. The Morgan fingerprint density at radius 3 is 2.62 bits per heavy atom. The molecular weight excluding hydrogens is 465 g/mol. The minimum atomic E-state index is -0.193. The lowest BCUT2D eigenvalue weighted by atomic mass is 9.91. The van der Waals surface area contributed by atoms with Gasteiger partial charge in [0, 0.05) is 69.5 Å². The van der Waals surface area contributed by atoms with E-state index in [1.54, 1.807) is 12.1 Å². The van der Waals surface area contributed by atoms with Crippen LogP contribution in [0.4, 0.5) is 21.6 Å². The van der Waals surface area contributed by atoms with Crippen molar-refractivity contribution in [3.63, 3.8) is 0 Å². The van der Waals surface area contributed by atoms with Crippen LogP contribution in [0.5, 0.6) is 0 Å². The number of halogens is 1. The van der Waals surface area contributed by atoms with Gasteiger partial charge in [0.15, 0.2) is 0 Å². The summed E-state index contributed by atoms with van der Waals surface area (Å²) in [6.45, 7) is 14.1. The molecule has 0 unspecified atom stereocenters. The standard InChI is InChI=1S/C30H44FN5O/c1-4-18-35(27-12-9-11-26(31)23-27)22-21-34(6-3)29-24-28(13-17-32-29)36-19-14-25(15-20-36)10-7-8-16-33-30(37)5-2/h5,9,11-13,17,23-25H,2,4,6-8,10,14-16,18-22H2,1,3H3,(H,33,37). The number of hydrogen-bond acceptors (Lipinski definition) is 5. The summed E-state index contributed by atoms with van der Waals surface area (Å²) in [6, 6.07) is 11.2. The molecule has 0 radical (unpaired) electrons. The van der Waals surface area contributed by atoms with E-state index in [2.05, 4.69) is 52.6 Å². The van der Waals surface area contributed by atoms with Crippen LogP contribution in [-0.2, 0) is 4.79 Å². The molecule has 6 nitrogen and oxygen atoms in total. The maximum absolute atomic E-state index is 13.8. The highest BCUT2D eigenvalue weighted by Crippen LogP contribution is 2.28. The third kappa shape index (κ3) is 9.06. The number of amides is 1. The first-order chi connectivity index (χ1) is 18.0. The third-order valence-electron chi connectivity index (χ3n) is 7.24. The molecule has 2 heterocycles. The Bertz CT molecular complexity index is 976. The summed E-state index contributed by atoms with van der Waals surface area (Å²) in [7, 11) is 0. The van der Waals surface area contributed by atoms with E-state index in [4.69, 9.17) is 4.98 Å². The van der Waals surface area contributed by atoms with Crippen LogP contribution in [0.15, 0.2) is 55.3 Å². The largest absolute Gasteiger partial charge is 0.371 e. The summed E-state index contributed by atoms with van der Waals surface area (Å²) >= 11 is 0. The number of unbranched alkanes of at least 4 members (excludes halogenated alkanes) is 1. The molecule has 1 amide bonds. The molecule has 0 spiro atoms. The first kappa shape index (κ1) is 28.5. The number of hydrogen-bond donors (Lipinski definition) is 1. The van der Waals surface area contributed by atoms with Crippen molar-refractivity contribution in [2.24, 2.45) is 5.92 Å². The Morgan fingerprint density at radius 1 is 1.14 bits per heavy atom. The topological polar surface area (TPSA) is 51.7 Å². The Balaban J connectivity index is 1.50. The second-order valence-electron chi connectivity index (χ2n) is 9.84. The van der Waals surface area contributed by atoms with E-state index in [0.29, 0.717) is 0 Å². The van der Waals surface area contributed by atoms with Crippen LogP contribution < -0.4 is 20.0 Å². The summed E-state index contributed by atoms with van der Waals surface area (Å²) in [5, 5.41) is 2.86. The average molecular weight is 510 g/mol. The zero-order valence-corrected chi connectivity index (χ0v) is 22.7. The Hall–Kier alpha value is -3.09. The van der Waals surface area contributed by atoms with E-state index in [1.807, 2.05) is 12.3 Å². The van der Waals surface area contributed by atoms with Gasteiger partial charge in [0.1, 0.15) is 11.6 Å². The van der Waals surface area contributed by atoms with Crippen LogP contribution in [-0.4, -0.2) is 56.7 Å². The van der Waals surface area contributed by atoms with Gasteiger partial charge in [-0.2, -0.15) is 0 Å². The molecule has 1 N–H and O–H groups in total. The number of nitrogens with one attached hydrogen (secondary N) is 1. The van der Waals surface area contributed by atoms with Gasteiger partial charge >= 0.3 is 0 Å². The van der Waals surface area contributed by atoms with Crippen molar-refractivity contribution in [1.29, 1.82) is 0 Å². The summed E-state index contributed by atoms with van der Waals surface area (Å²) in [5.74, 6) is 1.48. The number of nitrogens with zero attached hydrogens (tertiary/aromatic N) is 4. The van der Waals surface area contributed by atoms with Crippen molar-refractivity contribution in [1.82, 2.24) is 10.3 Å². The van der Waals surface area contributed by atoms with Gasteiger partial charge in [-0.25, -0.2) is 9.37 Å². The molecule has 1 aliphatic rings. The second-order valence-corrected chi connectivity index (χ2v) is 9.84. The summed E-state index contributed by atoms with van der Waals surface area (Å²) in [4.78, 5) is 23.0. The van der Waals surface area contributed by atoms with Crippen LogP contribution in [0.3, 0.4) is 0 Å². The molecule has 1 aromatic carbocycles. The number of carbonyl (C=O) groups excluding carboxylic acids is 1. The number of pyridine rings is 1. The second kappa shape index (κ2) is 15.2. The van der Waals surface area contributed by atoms with E-state index >= 15 is 0 Å². The highest BCUT2D eigenvalue weighted by molar-refractivity contribution is 5.86. The fraction of sp³-hybridized carbons (Fsp3) is 0.533. The van der Waals surface area contributed by atoms with Crippen molar-refractivity contribution in [3.8, 4) is 0 Å². The first-order valence-corrected chi connectivity index (χ1v) is 13.9. The van der Waals surface area contributed by atoms with Gasteiger partial charge in [0.05, 0.1) is 0 Å². The van der Waals surface area contributed by atoms with E-state index in [9.17, 15) is 9.18 Å². The molecule has 0 aliphatic carbocycles. The monoisotopic (exact) mass is 509 g/mol. The molecule has 0 atom stereocenters. The van der Waals surface area contributed by atoms with Crippen LogP contribution in [0.1, 0.15) is 52.4 Å². The molecule has 37 heavy (non-hydrogen) atoms. The lowest BCUT2D eigenvalue weighted by Crippen LogP contribution is -2.36. The molecule has 3 rings (SSSR count). The predicted octanol–water partition coefficient (Wildman–Crippen LogP) is 5.65. The SMILES string of the molecule is C=CC(=O)NCCCCC1CCN(c2ccnc(N(CC)CCN(CCC)c3cccc(F)c3)c2)CC1. The maximum Gasteiger partial charge on any atom is 0.243 e. The zero-order valence-electron chi connectivity index (χ0n) is 22.7. The van der Waals surface area contributed by atoms with Gasteiger partial charge in [0.2, 0.25) is 5.91 Å². The summed E-state index contributed by atoms with van der Waals surface area (Å²) in [6.07, 6.45) is 10.1. The van der Waals surface area contributed by atoms with E-state index in [1.165, 1.54) is 37.1 Å². The molecule has 0 bridgehead atoms. The Labute approximate surface area is 222 Å². The van der Waals surface area contributed by atoms with Gasteiger partial charge in [0.25, 0.3) is 0 Å². The number of piperidine rings is 1. The third-order valence-corrected chi connectivity index (χ3v) is 7.24. The number of likely N-dealkylation sites (N-methyl/N-ethyl adjacent to an activating group) is 1. The quantitative estimate of drug-likeness (QED) is 0.248. The van der Waals surface area contributed by atoms with Crippen LogP contribution in [0.25, 0.3) is 0 Å². The fourth-order valence-corrected chi connectivity index (χ4v) is 5.09. The van der Waals surface area contributed by atoms with Crippen LogP contribution >= 0.6 is 0 Å². The van der Waals surface area contributed by atoms with E-state index in [-0.39, 0.29) is 11.7 Å². The number of rotatable bonds is 15. The molecule has 7 heteroatoms. The molecule has 0 saturated carbocycles. The molecule has 2 aromatic rings. The molecule has 202 valence electrons. The average Bonchev–Trinajstić information content (AvgIpc) is 2.93. The lowest BCUT2D eigenvalue weighted by Gasteiger charge is -2.34. The van der Waals surface area contributed by atoms with E-state index < -0.39 is 0 Å². The van der Waals surface area contributed by atoms with Gasteiger partial charge < -0.3 is 20.0 Å². The number of aromatic nitrogens is 1. The zero-order chi connectivity index (χ0) is 26.5. The predicted molar refractivity (Wildman–Crippen MR) is 153 cm³/mol. The minimum absolute atomic E-state index is 0.0865. The smallest absolute Gasteiger partial charge is 0.243 e. The number of benzene rings is 1. The highest BCUT2D eigenvalue weighted by atomic mass is 19.1. The van der Waals surface area contributed by atoms with Gasteiger partial charge in [-0.05, 0) is 68.9 Å². The van der Waals surface area contributed by atoms with Gasteiger partial charge in [-0.3, -0.25) is 4.79 Å². The Kier molecular flexibility index (Phi) is 11.7. The molecule has 1 saturated heterocycles. The molecular formula is C30H44FN5O. The van der Waals surface area contributed by atoms with Gasteiger partial charge in [-0.1, -0.05) is 32.4 Å². The highest BCUT2D eigenvalue weighted by Gasteiger charge is 2.20. The maximum atomic E-state index is 13.8. The van der Waals surface area contributed by atoms with Gasteiger partial charge in [-0.15, -0.1) is 0 Å². The lowest BCUT2D eigenvalue weighted by molar-refractivity contribution is -0.116. The summed E-state index contributed by atoms with van der Waals surface area (Å²) in [5.41, 5.74) is 2.17. The summed E-state index contributed by atoms with van der Waals surface area (Å²) < 4.78 is 13.8. The minimum Gasteiger partial charge on any atom is -0.371 e. The van der Waals surface area contributed by atoms with E-state index in [0.717, 1.165) is 82.5 Å². The van der Waals surface area contributed by atoms with Crippen molar-refractivity contribution < 1.29 is 9.18 Å². The van der Waals surface area contributed by atoms with Crippen molar-refractivity contribution in [2.45, 2.75) is 52.4 Å². The van der Waals surface area contributed by atoms with Crippen molar-refractivity contribution in [3.05, 3.63) is 61.1 Å². The number of carbonyl (C=O) groups is 1. The number of anilines is 3. The molecule has 1 aliphatic heterocycles. The Morgan fingerprint density at radius 2 is 1.92 bits per heavy atom. The van der Waals surface area contributed by atoms with Crippen LogP contribution in [0, 0.1) is 11.7 Å². The van der Waals surface area contributed by atoms with Crippen LogP contribution in [0.2, 0.25) is 0 Å². The first-order valence-electron chi connectivity index (χ1n) is 13.9. The van der Waals surface area contributed by atoms with Crippen molar-refractivity contribution in [2.75, 3.05) is 60.5 Å². The molecule has 1 aromatic heterocycles. The fourth-order valence-electron chi connectivity index (χ4n) is 5.09.